The first-order valence-corrected chi connectivity index (χ1v) is 8.67. The number of nitrogens with zero attached hydrogens (tertiary/aromatic N) is 1. The average molecular weight is 367 g/mol. The summed E-state index contributed by atoms with van der Waals surface area (Å²) in [6.45, 7) is 1.95. The SMILES string of the molecule is [B]C([B])([B])N(CCC(=O)O)c1ccc2c(-c3ccccc3C)cc(=O)oc2c1. The van der Waals surface area contributed by atoms with Crippen molar-refractivity contribution in [1.82, 2.24) is 0 Å². The number of fused-ring (bicyclic) bond motifs is 1. The molecule has 0 saturated heterocycles. The van der Waals surface area contributed by atoms with Crippen LogP contribution in [0.2, 0.25) is 0 Å². The molecule has 0 bridgehead atoms. The van der Waals surface area contributed by atoms with Crippen molar-refractivity contribution < 1.29 is 14.3 Å². The number of carboxylic acids is 1. The molecule has 0 saturated carbocycles. The predicted molar refractivity (Wildman–Crippen MR) is 112 cm³/mol. The average Bonchev–Trinajstić information content (AvgIpc) is 2.60. The molecule has 0 amide bonds. The molecule has 8 heteroatoms. The van der Waals surface area contributed by atoms with Gasteiger partial charge in [-0.3, -0.25) is 4.79 Å². The number of carboxylic acid groups (broad SMARTS) is 1. The van der Waals surface area contributed by atoms with Crippen molar-refractivity contribution in [2.75, 3.05) is 11.4 Å². The summed E-state index contributed by atoms with van der Waals surface area (Å²) >= 11 is 0. The summed E-state index contributed by atoms with van der Waals surface area (Å²) in [4.78, 5) is 24.4. The fraction of sp³-hybridized carbons (Fsp3) is 0.200. The second kappa shape index (κ2) is 7.62. The summed E-state index contributed by atoms with van der Waals surface area (Å²) < 4.78 is 5.37. The van der Waals surface area contributed by atoms with E-state index in [-0.39, 0.29) is 13.0 Å². The van der Waals surface area contributed by atoms with Crippen LogP contribution < -0.4 is 10.5 Å². The summed E-state index contributed by atoms with van der Waals surface area (Å²) in [6.07, 6.45) is -0.210. The monoisotopic (exact) mass is 367 g/mol. The molecule has 0 atom stereocenters. The van der Waals surface area contributed by atoms with Gasteiger partial charge in [0.25, 0.3) is 0 Å². The third-order valence-corrected chi connectivity index (χ3v) is 4.49. The lowest BCUT2D eigenvalue weighted by atomic mass is 9.48. The maximum absolute atomic E-state index is 12.1. The topological polar surface area (TPSA) is 70.8 Å². The third kappa shape index (κ3) is 4.16. The maximum Gasteiger partial charge on any atom is 0.336 e. The van der Waals surface area contributed by atoms with Gasteiger partial charge in [0, 0.05) is 35.3 Å². The van der Waals surface area contributed by atoms with Gasteiger partial charge in [-0.15, -0.1) is 0 Å². The predicted octanol–water partition coefficient (Wildman–Crippen LogP) is 2.17. The molecule has 134 valence electrons. The van der Waals surface area contributed by atoms with Gasteiger partial charge in [-0.1, -0.05) is 29.5 Å². The highest BCUT2D eigenvalue weighted by Crippen LogP contribution is 2.32. The van der Waals surface area contributed by atoms with Gasteiger partial charge < -0.3 is 14.4 Å². The molecular weight excluding hydrogens is 351 g/mol. The van der Waals surface area contributed by atoms with Crippen molar-refractivity contribution in [3.05, 3.63) is 64.5 Å². The van der Waals surface area contributed by atoms with E-state index >= 15 is 0 Å². The van der Waals surface area contributed by atoms with Gasteiger partial charge in [0.2, 0.25) is 0 Å². The molecule has 0 spiro atoms. The van der Waals surface area contributed by atoms with Crippen molar-refractivity contribution >= 4 is 46.2 Å². The first-order valence-electron chi connectivity index (χ1n) is 8.67. The Bertz CT molecular complexity index is 1090. The zero-order valence-corrected chi connectivity index (χ0v) is 15.4. The molecule has 1 aromatic heterocycles. The number of anilines is 1. The Morgan fingerprint density at radius 2 is 1.82 bits per heavy atom. The Morgan fingerprint density at radius 1 is 1.11 bits per heavy atom. The first-order chi connectivity index (χ1) is 13.2. The lowest BCUT2D eigenvalue weighted by Gasteiger charge is -2.39. The van der Waals surface area contributed by atoms with Crippen LogP contribution in [-0.4, -0.2) is 46.4 Å². The van der Waals surface area contributed by atoms with Crippen LogP contribution in [-0.2, 0) is 4.79 Å². The van der Waals surface area contributed by atoms with E-state index in [0.717, 1.165) is 22.1 Å². The minimum Gasteiger partial charge on any atom is -0.481 e. The Morgan fingerprint density at radius 3 is 2.46 bits per heavy atom. The largest absolute Gasteiger partial charge is 0.481 e. The van der Waals surface area contributed by atoms with E-state index in [4.69, 9.17) is 33.1 Å². The van der Waals surface area contributed by atoms with E-state index in [0.29, 0.717) is 11.3 Å². The number of hydrogen-bond acceptors (Lipinski definition) is 4. The molecule has 3 aromatic rings. The molecule has 1 heterocycles. The zero-order chi connectivity index (χ0) is 20.5. The summed E-state index contributed by atoms with van der Waals surface area (Å²) in [7, 11) is 17.4. The van der Waals surface area contributed by atoms with Crippen molar-refractivity contribution in [1.29, 1.82) is 0 Å². The fourth-order valence-electron chi connectivity index (χ4n) is 3.17. The van der Waals surface area contributed by atoms with Crippen LogP contribution in [0, 0.1) is 6.92 Å². The van der Waals surface area contributed by atoms with Gasteiger partial charge in [-0.05, 0) is 30.2 Å². The number of aliphatic carboxylic acids is 1. The summed E-state index contributed by atoms with van der Waals surface area (Å²) in [5.74, 6) is -1.01. The molecule has 28 heavy (non-hydrogen) atoms. The number of hydrogen-bond donors (Lipinski definition) is 1. The van der Waals surface area contributed by atoms with E-state index in [1.54, 1.807) is 18.2 Å². The lowest BCUT2D eigenvalue weighted by Crippen LogP contribution is -2.51. The molecule has 0 unspecified atom stereocenters. The van der Waals surface area contributed by atoms with E-state index < -0.39 is 16.8 Å². The molecule has 0 fully saturated rings. The van der Waals surface area contributed by atoms with Crippen LogP contribution in [0.5, 0.6) is 0 Å². The lowest BCUT2D eigenvalue weighted by molar-refractivity contribution is -0.136. The smallest absolute Gasteiger partial charge is 0.336 e. The van der Waals surface area contributed by atoms with Gasteiger partial charge >= 0.3 is 11.6 Å². The quantitative estimate of drug-likeness (QED) is 0.535. The highest BCUT2D eigenvalue weighted by molar-refractivity contribution is 6.60. The van der Waals surface area contributed by atoms with Crippen molar-refractivity contribution in [3.8, 4) is 11.1 Å². The van der Waals surface area contributed by atoms with E-state index in [1.165, 1.54) is 11.0 Å². The van der Waals surface area contributed by atoms with Gasteiger partial charge in [-0.25, -0.2) is 4.79 Å². The Labute approximate surface area is 166 Å². The van der Waals surface area contributed by atoms with Gasteiger partial charge in [0.1, 0.15) is 5.58 Å². The second-order valence-corrected chi connectivity index (χ2v) is 6.66. The van der Waals surface area contributed by atoms with Crippen LogP contribution in [0.15, 0.2) is 57.7 Å². The second-order valence-electron chi connectivity index (χ2n) is 6.66. The molecule has 3 rings (SSSR count). The van der Waals surface area contributed by atoms with Gasteiger partial charge in [0.15, 0.2) is 0 Å². The van der Waals surface area contributed by atoms with E-state index in [9.17, 15) is 9.59 Å². The molecule has 0 aliphatic carbocycles. The minimum atomic E-state index is -1.78. The van der Waals surface area contributed by atoms with E-state index in [2.05, 4.69) is 0 Å². The Kier molecular flexibility index (Phi) is 5.41. The summed E-state index contributed by atoms with van der Waals surface area (Å²) in [5.41, 5.74) is 2.96. The summed E-state index contributed by atoms with van der Waals surface area (Å²) in [5, 5.41) is 7.91. The maximum atomic E-state index is 12.1. The first kappa shape index (κ1) is 19.9. The van der Waals surface area contributed by atoms with Crippen LogP contribution >= 0.6 is 0 Å². The van der Waals surface area contributed by atoms with Crippen LogP contribution in [0.3, 0.4) is 0 Å². The molecule has 0 aliphatic rings. The normalized spacial score (nSPS) is 11.5. The Balaban J connectivity index is 2.15. The van der Waals surface area contributed by atoms with Crippen molar-refractivity contribution in [2.24, 2.45) is 0 Å². The molecule has 5 nitrogen and oxygen atoms in total. The van der Waals surface area contributed by atoms with Crippen molar-refractivity contribution in [3.63, 3.8) is 0 Å². The van der Waals surface area contributed by atoms with E-state index in [1.807, 2.05) is 31.2 Å². The highest BCUT2D eigenvalue weighted by atomic mass is 16.4. The minimum absolute atomic E-state index is 0.00788. The number of benzene rings is 2. The molecule has 1 N–H and O–H groups in total. The third-order valence-electron chi connectivity index (χ3n) is 4.49. The molecule has 6 radical (unpaired) electrons. The number of aryl methyl sites for hydroxylation is 1. The summed E-state index contributed by atoms with van der Waals surface area (Å²) in [6, 6.07) is 14.2. The van der Waals surface area contributed by atoms with Crippen LogP contribution in [0.4, 0.5) is 5.69 Å². The van der Waals surface area contributed by atoms with Crippen LogP contribution in [0.25, 0.3) is 22.1 Å². The number of rotatable bonds is 6. The van der Waals surface area contributed by atoms with Gasteiger partial charge in [-0.2, -0.15) is 0 Å². The highest BCUT2D eigenvalue weighted by Gasteiger charge is 2.22. The molecular formula is C20H16B3NO4. The fourth-order valence-corrected chi connectivity index (χ4v) is 3.17. The molecule has 0 aliphatic heterocycles. The van der Waals surface area contributed by atoms with Crippen LogP contribution in [0.1, 0.15) is 12.0 Å². The molecule has 2 aromatic carbocycles. The van der Waals surface area contributed by atoms with Gasteiger partial charge in [0.05, 0.1) is 30.0 Å². The van der Waals surface area contributed by atoms with Crippen molar-refractivity contribution in [2.45, 2.75) is 18.6 Å². The standard InChI is InChI=1S/C20H16B3NO4/c1-12-4-2-3-5-14(12)16-11-19(27)28-17-10-13(6-7-15(16)17)24(20(21,22)23)9-8-18(25)26/h2-7,10-11H,8-9H2,1H3,(H,25,26). The zero-order valence-electron chi connectivity index (χ0n) is 15.4. The number of carbonyl (C=O) groups is 1. The Hall–Kier alpha value is -2.89.